The largest absolute Gasteiger partial charge is 0.459 e. The summed E-state index contributed by atoms with van der Waals surface area (Å²) >= 11 is 0. The lowest BCUT2D eigenvalue weighted by Gasteiger charge is -2.15. The van der Waals surface area contributed by atoms with E-state index >= 15 is 0 Å². The molecule has 0 saturated heterocycles. The maximum atomic E-state index is 11.1. The molecule has 2 atom stereocenters. The summed E-state index contributed by atoms with van der Waals surface area (Å²) in [6.07, 6.45) is 0.380. The minimum atomic E-state index is -0.510. The van der Waals surface area contributed by atoms with E-state index in [9.17, 15) is 4.79 Å². The van der Waals surface area contributed by atoms with Crippen molar-refractivity contribution >= 4 is 5.97 Å². The van der Waals surface area contributed by atoms with Crippen LogP contribution in [0.5, 0.6) is 0 Å². The predicted octanol–water partition coefficient (Wildman–Crippen LogP) is 0.692. The van der Waals surface area contributed by atoms with Gasteiger partial charge in [-0.25, -0.2) is 0 Å². The molecular formula is C9H19NO3. The van der Waals surface area contributed by atoms with Gasteiger partial charge in [-0.05, 0) is 20.3 Å². The molecule has 0 saturated carbocycles. The summed E-state index contributed by atoms with van der Waals surface area (Å²) in [6.45, 7) is 6.59. The lowest BCUT2D eigenvalue weighted by Crippen LogP contribution is -2.34. The molecule has 1 unspecified atom stereocenters. The Morgan fingerprint density at radius 2 is 2.08 bits per heavy atom. The van der Waals surface area contributed by atoms with Crippen LogP contribution in [0.15, 0.2) is 0 Å². The lowest BCUT2D eigenvalue weighted by molar-refractivity contribution is -0.152. The highest BCUT2D eigenvalue weighted by Gasteiger charge is 2.15. The Labute approximate surface area is 79.4 Å². The second-order valence-electron chi connectivity index (χ2n) is 2.92. The smallest absolute Gasteiger partial charge is 0.323 e. The zero-order valence-electron chi connectivity index (χ0n) is 8.58. The molecule has 4 nitrogen and oxygen atoms in total. The Kier molecular flexibility index (Phi) is 6.54. The zero-order chi connectivity index (χ0) is 10.3. The van der Waals surface area contributed by atoms with E-state index < -0.39 is 6.04 Å². The Bertz CT molecular complexity index is 150. The predicted molar refractivity (Wildman–Crippen MR) is 50.3 cm³/mol. The molecule has 0 bridgehead atoms. The fourth-order valence-electron chi connectivity index (χ4n) is 0.770. The van der Waals surface area contributed by atoms with E-state index in [0.29, 0.717) is 19.6 Å². The maximum absolute atomic E-state index is 11.1. The van der Waals surface area contributed by atoms with Crippen LogP contribution >= 0.6 is 0 Å². The van der Waals surface area contributed by atoms with Crippen molar-refractivity contribution in [2.75, 3.05) is 13.2 Å². The summed E-state index contributed by atoms with van der Waals surface area (Å²) in [5, 5.41) is 0. The van der Waals surface area contributed by atoms with Crippen molar-refractivity contribution in [3.63, 3.8) is 0 Å². The van der Waals surface area contributed by atoms with Crippen LogP contribution in [-0.4, -0.2) is 31.3 Å². The van der Waals surface area contributed by atoms with Crippen LogP contribution in [0.1, 0.15) is 27.2 Å². The monoisotopic (exact) mass is 189 g/mol. The molecule has 4 heteroatoms. The van der Waals surface area contributed by atoms with Crippen molar-refractivity contribution in [3.05, 3.63) is 0 Å². The van der Waals surface area contributed by atoms with Crippen LogP contribution in [0.4, 0.5) is 0 Å². The fraction of sp³-hybridized carbons (Fsp3) is 0.889. The van der Waals surface area contributed by atoms with Gasteiger partial charge in [0.05, 0.1) is 6.61 Å². The van der Waals surface area contributed by atoms with Crippen molar-refractivity contribution in [2.24, 2.45) is 5.73 Å². The normalized spacial score (nSPS) is 15.1. The van der Waals surface area contributed by atoms with E-state index in [1.54, 1.807) is 6.92 Å². The second kappa shape index (κ2) is 6.86. The molecule has 0 fully saturated rings. The molecule has 0 aromatic rings. The molecule has 0 aliphatic heterocycles. The highest BCUT2D eigenvalue weighted by molar-refractivity contribution is 5.75. The van der Waals surface area contributed by atoms with Crippen LogP contribution in [0.2, 0.25) is 0 Å². The van der Waals surface area contributed by atoms with Crippen molar-refractivity contribution in [3.8, 4) is 0 Å². The van der Waals surface area contributed by atoms with E-state index in [-0.39, 0.29) is 12.1 Å². The summed E-state index contributed by atoms with van der Waals surface area (Å²) in [6, 6.07) is -0.510. The van der Waals surface area contributed by atoms with Gasteiger partial charge in [-0.3, -0.25) is 4.79 Å². The maximum Gasteiger partial charge on any atom is 0.323 e. The van der Waals surface area contributed by atoms with Gasteiger partial charge in [-0.15, -0.1) is 0 Å². The van der Waals surface area contributed by atoms with Gasteiger partial charge in [0.15, 0.2) is 0 Å². The average molecular weight is 189 g/mol. The standard InChI is InChI=1S/C9H19NO3/c1-4-8(10)9(11)13-7(3)6-12-5-2/h7-8H,4-6,10H2,1-3H3/t7?,8-/m1/s1. The van der Waals surface area contributed by atoms with Crippen molar-refractivity contribution in [1.29, 1.82) is 0 Å². The van der Waals surface area contributed by atoms with Crippen molar-refractivity contribution in [1.82, 2.24) is 0 Å². The summed E-state index contributed by atoms with van der Waals surface area (Å²) in [7, 11) is 0. The fourth-order valence-corrected chi connectivity index (χ4v) is 0.770. The zero-order valence-corrected chi connectivity index (χ0v) is 8.58. The number of esters is 1. The van der Waals surface area contributed by atoms with Crippen molar-refractivity contribution in [2.45, 2.75) is 39.3 Å². The molecule has 0 radical (unpaired) electrons. The molecule has 0 aromatic carbocycles. The molecule has 78 valence electrons. The Hall–Kier alpha value is -0.610. The topological polar surface area (TPSA) is 61.5 Å². The summed E-state index contributed by atoms with van der Waals surface area (Å²) in [5.74, 6) is -0.352. The minimum Gasteiger partial charge on any atom is -0.459 e. The molecule has 0 heterocycles. The quantitative estimate of drug-likeness (QED) is 0.624. The van der Waals surface area contributed by atoms with Crippen molar-refractivity contribution < 1.29 is 14.3 Å². The lowest BCUT2D eigenvalue weighted by atomic mass is 10.2. The molecule has 0 aliphatic carbocycles. The molecule has 13 heavy (non-hydrogen) atoms. The van der Waals surface area contributed by atoms with Gasteiger partial charge >= 0.3 is 5.97 Å². The minimum absolute atomic E-state index is 0.218. The number of ether oxygens (including phenoxy) is 2. The van der Waals surface area contributed by atoms with E-state index in [1.165, 1.54) is 0 Å². The summed E-state index contributed by atoms with van der Waals surface area (Å²) in [4.78, 5) is 11.1. The number of hydrogen-bond acceptors (Lipinski definition) is 4. The number of rotatable bonds is 6. The van der Waals surface area contributed by atoms with E-state index in [2.05, 4.69) is 0 Å². The first-order valence-corrected chi connectivity index (χ1v) is 4.65. The highest BCUT2D eigenvalue weighted by atomic mass is 16.6. The number of nitrogens with two attached hydrogens (primary N) is 1. The Balaban J connectivity index is 3.64. The van der Waals surface area contributed by atoms with E-state index in [4.69, 9.17) is 15.2 Å². The first-order valence-electron chi connectivity index (χ1n) is 4.65. The van der Waals surface area contributed by atoms with Crippen LogP contribution in [0, 0.1) is 0 Å². The molecule has 0 spiro atoms. The molecule has 0 amide bonds. The number of carbonyl (C=O) groups excluding carboxylic acids is 1. The Morgan fingerprint density at radius 1 is 1.46 bits per heavy atom. The van der Waals surface area contributed by atoms with Crippen LogP contribution in [0.3, 0.4) is 0 Å². The van der Waals surface area contributed by atoms with E-state index in [1.807, 2.05) is 13.8 Å². The van der Waals surface area contributed by atoms with Gasteiger partial charge in [0.2, 0.25) is 0 Å². The third-order valence-electron chi connectivity index (χ3n) is 1.62. The third kappa shape index (κ3) is 5.60. The first-order chi connectivity index (χ1) is 6.11. The molecule has 2 N–H and O–H groups in total. The SMILES string of the molecule is CCOCC(C)OC(=O)[C@H](N)CC. The van der Waals surface area contributed by atoms with E-state index in [0.717, 1.165) is 0 Å². The number of carbonyl (C=O) groups is 1. The van der Waals surface area contributed by atoms with Crippen LogP contribution in [0.25, 0.3) is 0 Å². The van der Waals surface area contributed by atoms with Gasteiger partial charge in [0.25, 0.3) is 0 Å². The Morgan fingerprint density at radius 3 is 2.54 bits per heavy atom. The first kappa shape index (κ1) is 12.4. The molecular weight excluding hydrogens is 170 g/mol. The number of hydrogen-bond donors (Lipinski definition) is 1. The van der Waals surface area contributed by atoms with Gasteiger partial charge in [0.1, 0.15) is 12.1 Å². The second-order valence-corrected chi connectivity index (χ2v) is 2.92. The highest BCUT2D eigenvalue weighted by Crippen LogP contribution is 1.97. The van der Waals surface area contributed by atoms with Gasteiger partial charge in [-0.1, -0.05) is 6.92 Å². The third-order valence-corrected chi connectivity index (χ3v) is 1.62. The van der Waals surface area contributed by atoms with Gasteiger partial charge < -0.3 is 15.2 Å². The van der Waals surface area contributed by atoms with Gasteiger partial charge in [-0.2, -0.15) is 0 Å². The average Bonchev–Trinajstić information content (AvgIpc) is 2.13. The van der Waals surface area contributed by atoms with Crippen LogP contribution < -0.4 is 5.73 Å². The summed E-state index contributed by atoms with van der Waals surface area (Å²) < 4.78 is 10.1. The molecule has 0 aliphatic rings. The van der Waals surface area contributed by atoms with Gasteiger partial charge in [0, 0.05) is 6.61 Å². The summed E-state index contributed by atoms with van der Waals surface area (Å²) in [5.41, 5.74) is 5.48. The molecule has 0 rings (SSSR count). The molecule has 0 aromatic heterocycles. The van der Waals surface area contributed by atoms with Crippen LogP contribution in [-0.2, 0) is 14.3 Å².